The van der Waals surface area contributed by atoms with Crippen molar-refractivity contribution in [3.63, 3.8) is 0 Å². The maximum absolute atomic E-state index is 13.1. The summed E-state index contributed by atoms with van der Waals surface area (Å²) in [6, 6.07) is 15.1. The Labute approximate surface area is 203 Å². The highest BCUT2D eigenvalue weighted by Crippen LogP contribution is 2.40. The minimum Gasteiger partial charge on any atom is -0.507 e. The van der Waals surface area contributed by atoms with Crippen molar-refractivity contribution < 1.29 is 23.8 Å². The van der Waals surface area contributed by atoms with Gasteiger partial charge < -0.3 is 19.2 Å². The highest BCUT2D eigenvalue weighted by Gasteiger charge is 2.47. The molecule has 0 aliphatic carbocycles. The number of aliphatic hydroxyl groups excluding tert-OH is 1. The lowest BCUT2D eigenvalue weighted by molar-refractivity contribution is -0.140. The van der Waals surface area contributed by atoms with E-state index in [0.29, 0.717) is 28.5 Å². The monoisotopic (exact) mass is 479 g/mol. The fourth-order valence-corrected chi connectivity index (χ4v) is 4.22. The summed E-state index contributed by atoms with van der Waals surface area (Å²) in [5.74, 6) is -0.553. The van der Waals surface area contributed by atoms with Crippen LogP contribution >= 0.6 is 11.6 Å². The molecule has 3 aromatic rings. The Kier molecular flexibility index (Phi) is 6.80. The third-order valence-corrected chi connectivity index (χ3v) is 5.97. The van der Waals surface area contributed by atoms with Crippen molar-refractivity contribution in [3.8, 4) is 5.75 Å². The standard InChI is InChI=1S/C27H26ClNO5/c1-16(2)34-21-11-8-19(15-17(21)3)25(30)23-24(22-5-4-14-33-22)29(27(32)26(23)31)13-12-18-6-9-20(28)10-7-18/h4-11,14-16,24,30H,12-13H2,1-3H3/b25-23-. The van der Waals surface area contributed by atoms with Gasteiger partial charge in [0.2, 0.25) is 0 Å². The lowest BCUT2D eigenvalue weighted by Crippen LogP contribution is -2.31. The molecule has 6 nitrogen and oxygen atoms in total. The second-order valence-electron chi connectivity index (χ2n) is 8.53. The van der Waals surface area contributed by atoms with Crippen LogP contribution in [0.5, 0.6) is 5.75 Å². The van der Waals surface area contributed by atoms with Crippen LogP contribution in [0, 0.1) is 6.92 Å². The summed E-state index contributed by atoms with van der Waals surface area (Å²) in [5.41, 5.74) is 2.22. The van der Waals surface area contributed by atoms with Gasteiger partial charge in [-0.2, -0.15) is 0 Å². The third kappa shape index (κ3) is 4.73. The average molecular weight is 480 g/mol. The summed E-state index contributed by atoms with van der Waals surface area (Å²) in [6.45, 7) is 6.00. The first-order chi connectivity index (χ1) is 16.3. The van der Waals surface area contributed by atoms with Crippen LogP contribution in [0.2, 0.25) is 5.02 Å². The lowest BCUT2D eigenvalue weighted by Gasteiger charge is -2.23. The second-order valence-corrected chi connectivity index (χ2v) is 8.97. The summed E-state index contributed by atoms with van der Waals surface area (Å²) in [5, 5.41) is 11.8. The van der Waals surface area contributed by atoms with Crippen LogP contribution in [0.15, 0.2) is 70.9 Å². The molecule has 1 N–H and O–H groups in total. The molecule has 1 amide bonds. The van der Waals surface area contributed by atoms with Gasteiger partial charge in [-0.25, -0.2) is 0 Å². The number of rotatable bonds is 7. The van der Waals surface area contributed by atoms with Crippen LogP contribution < -0.4 is 4.74 Å². The highest BCUT2D eigenvalue weighted by molar-refractivity contribution is 6.46. The van der Waals surface area contributed by atoms with E-state index in [2.05, 4.69) is 0 Å². The van der Waals surface area contributed by atoms with Crippen molar-refractivity contribution in [1.82, 2.24) is 4.90 Å². The minimum absolute atomic E-state index is 0.00284. The van der Waals surface area contributed by atoms with E-state index in [-0.39, 0.29) is 24.0 Å². The number of carbonyl (C=O) groups excluding carboxylic acids is 2. The van der Waals surface area contributed by atoms with Gasteiger partial charge in [-0.1, -0.05) is 23.7 Å². The van der Waals surface area contributed by atoms with Crippen molar-refractivity contribution >= 4 is 29.1 Å². The number of halogens is 1. The molecule has 176 valence electrons. The molecule has 0 saturated carbocycles. The fraction of sp³-hybridized carbons (Fsp3) is 0.259. The molecular formula is C27H26ClNO5. The van der Waals surface area contributed by atoms with Crippen molar-refractivity contribution in [2.45, 2.75) is 39.3 Å². The molecule has 2 aromatic carbocycles. The normalized spacial score (nSPS) is 17.6. The lowest BCUT2D eigenvalue weighted by atomic mass is 9.98. The molecular weight excluding hydrogens is 454 g/mol. The van der Waals surface area contributed by atoms with Gasteiger partial charge in [0, 0.05) is 17.1 Å². The Hall–Kier alpha value is -3.51. The quantitative estimate of drug-likeness (QED) is 0.267. The summed E-state index contributed by atoms with van der Waals surface area (Å²) in [7, 11) is 0. The maximum Gasteiger partial charge on any atom is 0.295 e. The highest BCUT2D eigenvalue weighted by atomic mass is 35.5. The average Bonchev–Trinajstić information content (AvgIpc) is 3.41. The number of hydrogen-bond acceptors (Lipinski definition) is 5. The predicted octanol–water partition coefficient (Wildman–Crippen LogP) is 5.69. The Morgan fingerprint density at radius 1 is 1.15 bits per heavy atom. The van der Waals surface area contributed by atoms with Crippen molar-refractivity contribution in [1.29, 1.82) is 0 Å². The fourth-order valence-electron chi connectivity index (χ4n) is 4.09. The van der Waals surface area contributed by atoms with Crippen molar-refractivity contribution in [2.75, 3.05) is 6.54 Å². The van der Waals surface area contributed by atoms with Crippen LogP contribution in [0.1, 0.15) is 42.3 Å². The van der Waals surface area contributed by atoms with Gasteiger partial charge in [0.1, 0.15) is 23.3 Å². The molecule has 1 fully saturated rings. The Balaban J connectivity index is 1.71. The summed E-state index contributed by atoms with van der Waals surface area (Å²) in [6.07, 6.45) is 2.00. The molecule has 0 spiro atoms. The molecule has 1 atom stereocenters. The van der Waals surface area contributed by atoms with Crippen LogP contribution in [-0.4, -0.2) is 34.3 Å². The number of amides is 1. The number of likely N-dealkylation sites (tertiary alicyclic amines) is 1. The SMILES string of the molecule is Cc1cc(/C(O)=C2/C(=O)C(=O)N(CCc3ccc(Cl)cc3)C2c2ccco2)ccc1OC(C)C. The van der Waals surface area contributed by atoms with Gasteiger partial charge in [-0.3, -0.25) is 9.59 Å². The van der Waals surface area contributed by atoms with Gasteiger partial charge in [0.15, 0.2) is 0 Å². The molecule has 0 radical (unpaired) electrons. The summed E-state index contributed by atoms with van der Waals surface area (Å²) < 4.78 is 11.4. The number of carbonyl (C=O) groups is 2. The first kappa shape index (κ1) is 23.6. The predicted molar refractivity (Wildman–Crippen MR) is 130 cm³/mol. The molecule has 1 unspecified atom stereocenters. The van der Waals surface area contributed by atoms with Gasteiger partial charge in [0.05, 0.1) is 17.9 Å². The number of Topliss-reactive ketones (excluding diaryl/α,β-unsaturated/α-hetero) is 1. The van der Waals surface area contributed by atoms with Gasteiger partial charge in [-0.15, -0.1) is 0 Å². The smallest absolute Gasteiger partial charge is 0.295 e. The van der Waals surface area contributed by atoms with Gasteiger partial charge in [-0.05, 0) is 80.8 Å². The largest absolute Gasteiger partial charge is 0.507 e. The summed E-state index contributed by atoms with van der Waals surface area (Å²) in [4.78, 5) is 27.6. The number of furan rings is 1. The van der Waals surface area contributed by atoms with E-state index in [9.17, 15) is 14.7 Å². The van der Waals surface area contributed by atoms with Gasteiger partial charge in [0.25, 0.3) is 11.7 Å². The molecule has 1 aliphatic rings. The number of aryl methyl sites for hydroxylation is 1. The first-order valence-electron chi connectivity index (χ1n) is 11.1. The molecule has 34 heavy (non-hydrogen) atoms. The number of nitrogens with zero attached hydrogens (tertiary/aromatic N) is 1. The molecule has 1 aromatic heterocycles. The van der Waals surface area contributed by atoms with Crippen molar-refractivity contribution in [2.24, 2.45) is 0 Å². The number of ether oxygens (including phenoxy) is 1. The molecule has 2 heterocycles. The van der Waals surface area contributed by atoms with E-state index in [1.54, 1.807) is 42.5 Å². The van der Waals surface area contributed by atoms with E-state index in [0.717, 1.165) is 11.1 Å². The van der Waals surface area contributed by atoms with E-state index < -0.39 is 17.7 Å². The molecule has 4 rings (SSSR count). The van der Waals surface area contributed by atoms with Crippen molar-refractivity contribution in [3.05, 3.63) is 93.9 Å². The van der Waals surface area contributed by atoms with Crippen LogP contribution in [-0.2, 0) is 16.0 Å². The molecule has 1 aliphatic heterocycles. The zero-order valence-corrected chi connectivity index (χ0v) is 20.0. The first-order valence-corrected chi connectivity index (χ1v) is 11.5. The van der Waals surface area contributed by atoms with E-state index in [1.807, 2.05) is 32.9 Å². The van der Waals surface area contributed by atoms with E-state index in [1.165, 1.54) is 11.2 Å². The minimum atomic E-state index is -0.825. The topological polar surface area (TPSA) is 80.0 Å². The molecule has 1 saturated heterocycles. The number of hydrogen-bond donors (Lipinski definition) is 1. The number of ketones is 1. The number of aliphatic hydroxyl groups is 1. The van der Waals surface area contributed by atoms with Crippen LogP contribution in [0.25, 0.3) is 5.76 Å². The van der Waals surface area contributed by atoms with E-state index in [4.69, 9.17) is 20.8 Å². The van der Waals surface area contributed by atoms with E-state index >= 15 is 0 Å². The Morgan fingerprint density at radius 2 is 1.88 bits per heavy atom. The van der Waals surface area contributed by atoms with Crippen LogP contribution in [0.3, 0.4) is 0 Å². The summed E-state index contributed by atoms with van der Waals surface area (Å²) >= 11 is 5.97. The maximum atomic E-state index is 13.1. The number of benzene rings is 2. The third-order valence-electron chi connectivity index (χ3n) is 5.72. The second kappa shape index (κ2) is 9.77. The molecule has 7 heteroatoms. The zero-order chi connectivity index (χ0) is 24.4. The zero-order valence-electron chi connectivity index (χ0n) is 19.2. The Bertz CT molecular complexity index is 1230. The molecule has 0 bridgehead atoms. The van der Waals surface area contributed by atoms with Gasteiger partial charge >= 0.3 is 0 Å². The Morgan fingerprint density at radius 3 is 2.50 bits per heavy atom. The van der Waals surface area contributed by atoms with Crippen LogP contribution in [0.4, 0.5) is 0 Å².